The molecule has 1 N–H and O–H groups in total. The summed E-state index contributed by atoms with van der Waals surface area (Å²) in [5.74, 6) is 0.427. The molecule has 2 rings (SSSR count). The van der Waals surface area contributed by atoms with Gasteiger partial charge in [0.25, 0.3) is 0 Å². The highest BCUT2D eigenvalue weighted by Gasteiger charge is 2.07. The van der Waals surface area contributed by atoms with Gasteiger partial charge in [0, 0.05) is 12.4 Å². The van der Waals surface area contributed by atoms with E-state index in [1.807, 2.05) is 6.92 Å². The first-order valence-corrected chi connectivity index (χ1v) is 7.36. The molecule has 0 fully saturated rings. The number of aryl methyl sites for hydroxylation is 2. The Balaban J connectivity index is 2.31. The Morgan fingerprint density at radius 1 is 1.37 bits per heavy atom. The molecular formula is C15H18N2OS. The molecule has 0 aliphatic rings. The van der Waals surface area contributed by atoms with Crippen molar-refractivity contribution in [2.45, 2.75) is 25.3 Å². The predicted octanol–water partition coefficient (Wildman–Crippen LogP) is 2.94. The van der Waals surface area contributed by atoms with Gasteiger partial charge in [-0.2, -0.15) is 0 Å². The van der Waals surface area contributed by atoms with Crippen LogP contribution in [0.3, 0.4) is 0 Å². The van der Waals surface area contributed by atoms with Gasteiger partial charge < -0.3 is 5.32 Å². The molecule has 0 unspecified atom stereocenters. The van der Waals surface area contributed by atoms with Crippen LogP contribution >= 0.6 is 11.8 Å². The van der Waals surface area contributed by atoms with E-state index in [0.717, 1.165) is 22.5 Å². The van der Waals surface area contributed by atoms with E-state index in [1.54, 1.807) is 7.05 Å². The van der Waals surface area contributed by atoms with Gasteiger partial charge in [0.2, 0.25) is 5.91 Å². The van der Waals surface area contributed by atoms with Crippen molar-refractivity contribution in [1.29, 1.82) is 0 Å². The van der Waals surface area contributed by atoms with Gasteiger partial charge in [-0.25, -0.2) is 4.98 Å². The van der Waals surface area contributed by atoms with Crippen LogP contribution in [0.5, 0.6) is 0 Å². The van der Waals surface area contributed by atoms with Crippen molar-refractivity contribution < 1.29 is 4.79 Å². The van der Waals surface area contributed by atoms with E-state index in [2.05, 4.69) is 41.5 Å². The number of thioether (sulfide) groups is 1. The largest absolute Gasteiger partial charge is 0.358 e. The van der Waals surface area contributed by atoms with Crippen molar-refractivity contribution in [3.63, 3.8) is 0 Å². The highest BCUT2D eigenvalue weighted by molar-refractivity contribution is 7.99. The topological polar surface area (TPSA) is 42.0 Å². The van der Waals surface area contributed by atoms with Crippen molar-refractivity contribution in [2.24, 2.45) is 0 Å². The van der Waals surface area contributed by atoms with Crippen molar-refractivity contribution in [3.05, 3.63) is 35.4 Å². The Labute approximate surface area is 117 Å². The monoisotopic (exact) mass is 274 g/mol. The number of nitrogens with one attached hydrogen (secondary N) is 1. The Morgan fingerprint density at radius 2 is 2.16 bits per heavy atom. The van der Waals surface area contributed by atoms with Crippen LogP contribution in [0.15, 0.2) is 29.3 Å². The van der Waals surface area contributed by atoms with E-state index >= 15 is 0 Å². The van der Waals surface area contributed by atoms with Gasteiger partial charge in [-0.05, 0) is 42.7 Å². The van der Waals surface area contributed by atoms with E-state index in [1.165, 1.54) is 22.7 Å². The number of hydrogen-bond donors (Lipinski definition) is 1. The third-order valence-corrected chi connectivity index (χ3v) is 4.14. The molecule has 0 radical (unpaired) electrons. The number of aromatic nitrogens is 1. The second-order valence-corrected chi connectivity index (χ2v) is 5.42. The molecule has 0 aliphatic heterocycles. The molecule has 4 heteroatoms. The summed E-state index contributed by atoms with van der Waals surface area (Å²) in [6.07, 6.45) is 1.03. The predicted molar refractivity (Wildman–Crippen MR) is 80.6 cm³/mol. The van der Waals surface area contributed by atoms with Crippen LogP contribution in [0, 0.1) is 6.92 Å². The molecule has 0 atom stereocenters. The van der Waals surface area contributed by atoms with Gasteiger partial charge in [-0.1, -0.05) is 24.8 Å². The maximum atomic E-state index is 11.3. The molecule has 0 spiro atoms. The summed E-state index contributed by atoms with van der Waals surface area (Å²) in [5.41, 5.74) is 3.43. The standard InChI is InChI=1S/C15H18N2OS/c1-4-11-5-6-13-12(8-11)7-10(2)15(17-13)19-9-14(18)16-3/h5-8H,4,9H2,1-3H3,(H,16,18). The van der Waals surface area contributed by atoms with Gasteiger partial charge in [0.15, 0.2) is 0 Å². The van der Waals surface area contributed by atoms with Crippen molar-refractivity contribution >= 4 is 28.6 Å². The lowest BCUT2D eigenvalue weighted by Gasteiger charge is -2.07. The molecule has 3 nitrogen and oxygen atoms in total. The molecule has 1 aromatic carbocycles. The molecule has 0 bridgehead atoms. The Bertz CT molecular complexity index is 610. The minimum absolute atomic E-state index is 0.0210. The molecule has 2 aromatic rings. The summed E-state index contributed by atoms with van der Waals surface area (Å²) >= 11 is 1.48. The maximum absolute atomic E-state index is 11.3. The second-order valence-electron chi connectivity index (χ2n) is 4.45. The zero-order valence-corrected chi connectivity index (χ0v) is 12.3. The van der Waals surface area contributed by atoms with E-state index in [0.29, 0.717) is 5.75 Å². The minimum Gasteiger partial charge on any atom is -0.358 e. The maximum Gasteiger partial charge on any atom is 0.230 e. The normalized spacial score (nSPS) is 10.7. The van der Waals surface area contributed by atoms with E-state index in [4.69, 9.17) is 0 Å². The van der Waals surface area contributed by atoms with E-state index < -0.39 is 0 Å². The number of amides is 1. The molecule has 0 saturated carbocycles. The second kappa shape index (κ2) is 6.06. The Hall–Kier alpha value is -1.55. The summed E-state index contributed by atoms with van der Waals surface area (Å²) in [4.78, 5) is 15.9. The average molecular weight is 274 g/mol. The van der Waals surface area contributed by atoms with E-state index in [9.17, 15) is 4.79 Å². The van der Waals surface area contributed by atoms with Gasteiger partial charge in [0.1, 0.15) is 5.03 Å². The van der Waals surface area contributed by atoms with Crippen LogP contribution in [0.4, 0.5) is 0 Å². The lowest BCUT2D eigenvalue weighted by atomic mass is 10.1. The fraction of sp³-hybridized carbons (Fsp3) is 0.333. The fourth-order valence-corrected chi connectivity index (χ4v) is 2.75. The summed E-state index contributed by atoms with van der Waals surface area (Å²) < 4.78 is 0. The van der Waals surface area contributed by atoms with Crippen molar-refractivity contribution in [3.8, 4) is 0 Å². The molecule has 1 aromatic heterocycles. The van der Waals surface area contributed by atoms with Gasteiger partial charge in [-0.15, -0.1) is 0 Å². The molecule has 1 heterocycles. The minimum atomic E-state index is 0.0210. The lowest BCUT2D eigenvalue weighted by Crippen LogP contribution is -2.19. The molecule has 1 amide bonds. The Kier molecular flexibility index (Phi) is 4.43. The number of carbonyl (C=O) groups is 1. The Morgan fingerprint density at radius 3 is 2.84 bits per heavy atom. The first-order chi connectivity index (χ1) is 9.13. The quantitative estimate of drug-likeness (QED) is 0.872. The highest BCUT2D eigenvalue weighted by Crippen LogP contribution is 2.25. The average Bonchev–Trinajstić information content (AvgIpc) is 2.44. The SMILES string of the molecule is CCc1ccc2nc(SCC(=O)NC)c(C)cc2c1. The highest BCUT2D eigenvalue weighted by atomic mass is 32.2. The number of benzene rings is 1. The van der Waals surface area contributed by atoms with Gasteiger partial charge in [0.05, 0.1) is 11.3 Å². The summed E-state index contributed by atoms with van der Waals surface area (Å²) in [5, 5.41) is 4.72. The number of nitrogens with zero attached hydrogens (tertiary/aromatic N) is 1. The zero-order chi connectivity index (χ0) is 13.8. The van der Waals surface area contributed by atoms with Crippen LogP contribution in [0.2, 0.25) is 0 Å². The molecule has 0 aliphatic carbocycles. The van der Waals surface area contributed by atoms with Gasteiger partial charge in [-0.3, -0.25) is 4.79 Å². The summed E-state index contributed by atoms with van der Waals surface area (Å²) in [6, 6.07) is 8.49. The zero-order valence-electron chi connectivity index (χ0n) is 11.5. The van der Waals surface area contributed by atoms with E-state index in [-0.39, 0.29) is 5.91 Å². The van der Waals surface area contributed by atoms with Crippen molar-refractivity contribution in [1.82, 2.24) is 10.3 Å². The van der Waals surface area contributed by atoms with Crippen molar-refractivity contribution in [2.75, 3.05) is 12.8 Å². The molecule has 100 valence electrons. The first kappa shape index (κ1) is 13.9. The third kappa shape index (κ3) is 3.26. The fourth-order valence-electron chi connectivity index (χ4n) is 1.89. The summed E-state index contributed by atoms with van der Waals surface area (Å²) in [7, 11) is 1.65. The molecular weight excluding hydrogens is 256 g/mol. The summed E-state index contributed by atoms with van der Waals surface area (Å²) in [6.45, 7) is 4.19. The first-order valence-electron chi connectivity index (χ1n) is 6.37. The van der Waals surface area contributed by atoms with Gasteiger partial charge >= 0.3 is 0 Å². The molecule has 0 saturated heterocycles. The number of rotatable bonds is 4. The third-order valence-electron chi connectivity index (χ3n) is 3.05. The number of fused-ring (bicyclic) bond motifs is 1. The smallest absolute Gasteiger partial charge is 0.230 e. The van der Waals surface area contributed by atoms with Crippen LogP contribution in [-0.2, 0) is 11.2 Å². The van der Waals surface area contributed by atoms with Crippen LogP contribution in [0.1, 0.15) is 18.1 Å². The number of hydrogen-bond acceptors (Lipinski definition) is 3. The number of carbonyl (C=O) groups excluding carboxylic acids is 1. The van der Waals surface area contributed by atoms with Crippen LogP contribution < -0.4 is 5.32 Å². The van der Waals surface area contributed by atoms with Crippen LogP contribution in [-0.4, -0.2) is 23.7 Å². The van der Waals surface area contributed by atoms with Crippen LogP contribution in [0.25, 0.3) is 10.9 Å². The molecule has 19 heavy (non-hydrogen) atoms. The number of pyridine rings is 1. The lowest BCUT2D eigenvalue weighted by molar-refractivity contribution is -0.118.